The third-order valence-electron chi connectivity index (χ3n) is 4.09. The van der Waals surface area contributed by atoms with E-state index < -0.39 is 5.97 Å². The number of nitrogens with zero attached hydrogens (tertiary/aromatic N) is 1. The van der Waals surface area contributed by atoms with E-state index in [1.54, 1.807) is 4.90 Å². The number of carbonyl (C=O) groups excluding carboxylic acids is 1. The van der Waals surface area contributed by atoms with Crippen LogP contribution in [0.1, 0.15) is 52.9 Å². The van der Waals surface area contributed by atoms with Crippen molar-refractivity contribution in [3.63, 3.8) is 0 Å². The average molecular weight is 284 g/mol. The Morgan fingerprint density at radius 3 is 2.70 bits per heavy atom. The Morgan fingerprint density at radius 1 is 1.40 bits per heavy atom. The largest absolute Gasteiger partial charge is 0.481 e. The number of carbonyl (C=O) groups is 2. The average Bonchev–Trinajstić information content (AvgIpc) is 2.37. The fourth-order valence-corrected chi connectivity index (χ4v) is 2.79. The highest BCUT2D eigenvalue weighted by atomic mass is 16.4. The minimum absolute atomic E-state index is 0.0455. The molecule has 1 saturated heterocycles. The molecule has 1 aliphatic rings. The third-order valence-corrected chi connectivity index (χ3v) is 4.09. The summed E-state index contributed by atoms with van der Waals surface area (Å²) in [6.07, 6.45) is 4.05. The normalized spacial score (nSPS) is 22.1. The molecule has 0 spiro atoms. The molecule has 0 aromatic carbocycles. The summed E-state index contributed by atoms with van der Waals surface area (Å²) >= 11 is 0. The number of nitrogens with one attached hydrogen (secondary N) is 1. The molecule has 116 valence electrons. The van der Waals surface area contributed by atoms with Gasteiger partial charge in [-0.05, 0) is 38.0 Å². The number of likely N-dealkylation sites (tertiary alicyclic amines) is 1. The summed E-state index contributed by atoms with van der Waals surface area (Å²) in [6, 6.07) is 0.119. The van der Waals surface area contributed by atoms with Crippen molar-refractivity contribution >= 4 is 12.0 Å². The number of hydrogen-bond donors (Lipinski definition) is 2. The monoisotopic (exact) mass is 284 g/mol. The zero-order chi connectivity index (χ0) is 15.1. The second-order valence-electron chi connectivity index (χ2n) is 6.15. The van der Waals surface area contributed by atoms with Gasteiger partial charge in [-0.1, -0.05) is 20.3 Å². The number of carboxylic acids is 1. The Bertz CT molecular complexity index is 333. The van der Waals surface area contributed by atoms with Crippen molar-refractivity contribution in [3.05, 3.63) is 0 Å². The summed E-state index contributed by atoms with van der Waals surface area (Å²) in [6.45, 7) is 7.67. The number of piperidine rings is 1. The molecule has 3 unspecified atom stereocenters. The Hall–Kier alpha value is -1.26. The van der Waals surface area contributed by atoms with Crippen molar-refractivity contribution in [1.82, 2.24) is 10.2 Å². The van der Waals surface area contributed by atoms with Gasteiger partial charge in [0.15, 0.2) is 0 Å². The molecule has 0 aliphatic carbocycles. The Kier molecular flexibility index (Phi) is 6.82. The Labute approximate surface area is 121 Å². The van der Waals surface area contributed by atoms with Crippen LogP contribution in [0, 0.1) is 11.8 Å². The first-order valence-corrected chi connectivity index (χ1v) is 7.69. The molecule has 1 heterocycles. The minimum Gasteiger partial charge on any atom is -0.481 e. The topological polar surface area (TPSA) is 69.6 Å². The number of rotatable bonds is 6. The summed E-state index contributed by atoms with van der Waals surface area (Å²) in [7, 11) is 0. The molecular formula is C15H28N2O3. The van der Waals surface area contributed by atoms with Gasteiger partial charge in [0.2, 0.25) is 0 Å². The number of amides is 2. The standard InChI is InChI=1S/C15H28N2O3/c1-4-11(2)8-12(3)16-15(20)17-7-5-6-13(10-17)9-14(18)19/h11-13H,4-10H2,1-3H3,(H,16,20)(H,18,19). The van der Waals surface area contributed by atoms with Crippen LogP contribution in [0.25, 0.3) is 0 Å². The van der Waals surface area contributed by atoms with E-state index in [0.29, 0.717) is 12.5 Å². The molecule has 0 radical (unpaired) electrons. The third kappa shape index (κ3) is 5.80. The van der Waals surface area contributed by atoms with Crippen molar-refractivity contribution in [1.29, 1.82) is 0 Å². The van der Waals surface area contributed by atoms with E-state index in [1.165, 1.54) is 0 Å². The second kappa shape index (κ2) is 8.12. The van der Waals surface area contributed by atoms with Crippen molar-refractivity contribution in [3.8, 4) is 0 Å². The van der Waals surface area contributed by atoms with Gasteiger partial charge in [0.1, 0.15) is 0 Å². The van der Waals surface area contributed by atoms with Crippen LogP contribution in [0.5, 0.6) is 0 Å². The summed E-state index contributed by atoms with van der Waals surface area (Å²) < 4.78 is 0. The molecule has 20 heavy (non-hydrogen) atoms. The molecule has 0 saturated carbocycles. The zero-order valence-corrected chi connectivity index (χ0v) is 12.9. The van der Waals surface area contributed by atoms with Crippen molar-refractivity contribution < 1.29 is 14.7 Å². The first-order valence-electron chi connectivity index (χ1n) is 7.69. The fraction of sp³-hybridized carbons (Fsp3) is 0.867. The lowest BCUT2D eigenvalue weighted by Crippen LogP contribution is -2.48. The van der Waals surface area contributed by atoms with Crippen LogP contribution in [-0.2, 0) is 4.79 Å². The Morgan fingerprint density at radius 2 is 2.10 bits per heavy atom. The smallest absolute Gasteiger partial charge is 0.317 e. The highest BCUT2D eigenvalue weighted by Crippen LogP contribution is 2.20. The summed E-state index contributed by atoms with van der Waals surface area (Å²) in [5.41, 5.74) is 0. The van der Waals surface area contributed by atoms with Gasteiger partial charge in [-0.3, -0.25) is 4.79 Å². The van der Waals surface area contributed by atoms with Crippen LogP contribution in [0.4, 0.5) is 4.79 Å². The SMILES string of the molecule is CCC(C)CC(C)NC(=O)N1CCCC(CC(=O)O)C1. The molecule has 0 aromatic heterocycles. The Balaban J connectivity index is 2.40. The highest BCUT2D eigenvalue weighted by molar-refractivity contribution is 5.74. The van der Waals surface area contributed by atoms with Gasteiger partial charge in [-0.2, -0.15) is 0 Å². The van der Waals surface area contributed by atoms with Crippen LogP contribution in [0.15, 0.2) is 0 Å². The van der Waals surface area contributed by atoms with Gasteiger partial charge >= 0.3 is 12.0 Å². The second-order valence-corrected chi connectivity index (χ2v) is 6.15. The van der Waals surface area contributed by atoms with Crippen LogP contribution >= 0.6 is 0 Å². The minimum atomic E-state index is -0.776. The number of aliphatic carboxylic acids is 1. The molecule has 3 atom stereocenters. The lowest BCUT2D eigenvalue weighted by Gasteiger charge is -2.33. The molecule has 2 N–H and O–H groups in total. The molecular weight excluding hydrogens is 256 g/mol. The van der Waals surface area contributed by atoms with Gasteiger partial charge in [0, 0.05) is 25.6 Å². The van der Waals surface area contributed by atoms with E-state index in [1.807, 2.05) is 6.92 Å². The van der Waals surface area contributed by atoms with Crippen LogP contribution < -0.4 is 5.32 Å². The quantitative estimate of drug-likeness (QED) is 0.788. The number of carboxylic acid groups (broad SMARTS) is 1. The van der Waals surface area contributed by atoms with E-state index >= 15 is 0 Å². The number of urea groups is 1. The van der Waals surface area contributed by atoms with Crippen molar-refractivity contribution in [2.75, 3.05) is 13.1 Å². The molecule has 1 aliphatic heterocycles. The maximum Gasteiger partial charge on any atom is 0.317 e. The van der Waals surface area contributed by atoms with E-state index in [9.17, 15) is 9.59 Å². The first-order chi connectivity index (χ1) is 9.42. The van der Waals surface area contributed by atoms with E-state index in [2.05, 4.69) is 19.2 Å². The molecule has 0 bridgehead atoms. The molecule has 1 rings (SSSR count). The molecule has 2 amide bonds. The lowest BCUT2D eigenvalue weighted by atomic mass is 9.95. The number of hydrogen-bond acceptors (Lipinski definition) is 2. The fourth-order valence-electron chi connectivity index (χ4n) is 2.79. The van der Waals surface area contributed by atoms with E-state index in [0.717, 1.165) is 32.2 Å². The van der Waals surface area contributed by atoms with E-state index in [4.69, 9.17) is 5.11 Å². The molecule has 5 heteroatoms. The van der Waals surface area contributed by atoms with Crippen LogP contribution in [0.3, 0.4) is 0 Å². The van der Waals surface area contributed by atoms with E-state index in [-0.39, 0.29) is 24.4 Å². The van der Waals surface area contributed by atoms with Crippen LogP contribution in [-0.4, -0.2) is 41.1 Å². The maximum absolute atomic E-state index is 12.2. The van der Waals surface area contributed by atoms with Gasteiger partial charge in [-0.25, -0.2) is 4.79 Å². The van der Waals surface area contributed by atoms with Gasteiger partial charge < -0.3 is 15.3 Å². The van der Waals surface area contributed by atoms with Crippen molar-refractivity contribution in [2.45, 2.75) is 58.9 Å². The van der Waals surface area contributed by atoms with Gasteiger partial charge in [0.25, 0.3) is 0 Å². The predicted molar refractivity (Wildman–Crippen MR) is 78.6 cm³/mol. The van der Waals surface area contributed by atoms with Gasteiger partial charge in [-0.15, -0.1) is 0 Å². The molecule has 0 aromatic rings. The summed E-state index contributed by atoms with van der Waals surface area (Å²) in [5.74, 6) is -0.0781. The molecule has 1 fully saturated rings. The first kappa shape index (κ1) is 16.8. The summed E-state index contributed by atoms with van der Waals surface area (Å²) in [5, 5.41) is 11.9. The highest BCUT2D eigenvalue weighted by Gasteiger charge is 2.25. The maximum atomic E-state index is 12.2. The lowest BCUT2D eigenvalue weighted by molar-refractivity contribution is -0.138. The van der Waals surface area contributed by atoms with Crippen molar-refractivity contribution in [2.24, 2.45) is 11.8 Å². The summed E-state index contributed by atoms with van der Waals surface area (Å²) in [4.78, 5) is 24.7. The van der Waals surface area contributed by atoms with Crippen LogP contribution in [0.2, 0.25) is 0 Å². The molecule has 5 nitrogen and oxygen atoms in total. The predicted octanol–water partition coefficient (Wildman–Crippen LogP) is 2.71. The van der Waals surface area contributed by atoms with Gasteiger partial charge in [0.05, 0.1) is 0 Å². The zero-order valence-electron chi connectivity index (χ0n) is 12.9.